The first kappa shape index (κ1) is 15.0. The largest absolute Gasteiger partial charge is 0.466 e. The second kappa shape index (κ2) is 8.05. The first-order valence-electron chi connectivity index (χ1n) is 7.17. The van der Waals surface area contributed by atoms with E-state index in [4.69, 9.17) is 4.74 Å². The van der Waals surface area contributed by atoms with Crippen LogP contribution in [0.25, 0.3) is 6.08 Å². The molecular formula is C19H20O2. The van der Waals surface area contributed by atoms with Crippen LogP contribution in [0.15, 0.2) is 66.7 Å². The van der Waals surface area contributed by atoms with Crippen molar-refractivity contribution in [3.8, 4) is 0 Å². The SMILES string of the molecule is CC(=O)OCCC(/C=C/c1ccccc1)c1ccccc1. The van der Waals surface area contributed by atoms with Gasteiger partial charge in [0.2, 0.25) is 0 Å². The predicted molar refractivity (Wildman–Crippen MR) is 85.9 cm³/mol. The molecule has 0 N–H and O–H groups in total. The molecule has 0 saturated carbocycles. The lowest BCUT2D eigenvalue weighted by molar-refractivity contribution is -0.141. The maximum Gasteiger partial charge on any atom is 0.302 e. The molecule has 2 aromatic rings. The highest BCUT2D eigenvalue weighted by molar-refractivity contribution is 5.65. The third-order valence-corrected chi connectivity index (χ3v) is 3.28. The average Bonchev–Trinajstić information content (AvgIpc) is 2.52. The van der Waals surface area contributed by atoms with Gasteiger partial charge in [-0.05, 0) is 17.5 Å². The van der Waals surface area contributed by atoms with Crippen LogP contribution < -0.4 is 0 Å². The Morgan fingerprint density at radius 1 is 1.05 bits per heavy atom. The monoisotopic (exact) mass is 280 g/mol. The Labute approximate surface area is 126 Å². The fourth-order valence-electron chi connectivity index (χ4n) is 2.20. The molecule has 0 amide bonds. The molecular weight excluding hydrogens is 260 g/mol. The maximum atomic E-state index is 10.9. The van der Waals surface area contributed by atoms with Crippen LogP contribution in [0, 0.1) is 0 Å². The Hall–Kier alpha value is -2.35. The molecule has 0 fully saturated rings. The molecule has 0 spiro atoms. The van der Waals surface area contributed by atoms with E-state index in [-0.39, 0.29) is 11.9 Å². The summed E-state index contributed by atoms with van der Waals surface area (Å²) in [5, 5.41) is 0. The molecule has 0 aliphatic rings. The maximum absolute atomic E-state index is 10.9. The number of carbonyl (C=O) groups excluding carboxylic acids is 1. The Morgan fingerprint density at radius 2 is 1.67 bits per heavy atom. The zero-order chi connectivity index (χ0) is 14.9. The average molecular weight is 280 g/mol. The van der Waals surface area contributed by atoms with Crippen LogP contribution in [-0.2, 0) is 9.53 Å². The van der Waals surface area contributed by atoms with Gasteiger partial charge in [0.1, 0.15) is 0 Å². The van der Waals surface area contributed by atoms with Crippen molar-refractivity contribution in [2.75, 3.05) is 6.61 Å². The summed E-state index contributed by atoms with van der Waals surface area (Å²) in [6.45, 7) is 1.88. The van der Waals surface area contributed by atoms with E-state index < -0.39 is 0 Å². The van der Waals surface area contributed by atoms with E-state index >= 15 is 0 Å². The molecule has 0 aliphatic heterocycles. The van der Waals surface area contributed by atoms with Gasteiger partial charge >= 0.3 is 5.97 Å². The summed E-state index contributed by atoms with van der Waals surface area (Å²) in [7, 11) is 0. The molecule has 0 radical (unpaired) electrons. The summed E-state index contributed by atoms with van der Waals surface area (Å²) in [6, 6.07) is 20.5. The van der Waals surface area contributed by atoms with Crippen LogP contribution in [-0.4, -0.2) is 12.6 Å². The van der Waals surface area contributed by atoms with Gasteiger partial charge in [0.05, 0.1) is 6.61 Å². The van der Waals surface area contributed by atoms with Crippen LogP contribution in [0.2, 0.25) is 0 Å². The van der Waals surface area contributed by atoms with Crippen molar-refractivity contribution in [3.05, 3.63) is 77.9 Å². The van der Waals surface area contributed by atoms with E-state index in [9.17, 15) is 4.79 Å². The molecule has 2 nitrogen and oxygen atoms in total. The minimum absolute atomic E-state index is 0.228. The Morgan fingerprint density at radius 3 is 2.29 bits per heavy atom. The summed E-state index contributed by atoms with van der Waals surface area (Å²) in [4.78, 5) is 10.9. The van der Waals surface area contributed by atoms with Crippen molar-refractivity contribution < 1.29 is 9.53 Å². The quantitative estimate of drug-likeness (QED) is 0.731. The van der Waals surface area contributed by atoms with Gasteiger partial charge in [-0.15, -0.1) is 0 Å². The summed E-state index contributed by atoms with van der Waals surface area (Å²) in [5.41, 5.74) is 2.41. The van der Waals surface area contributed by atoms with Gasteiger partial charge in [-0.25, -0.2) is 0 Å². The smallest absolute Gasteiger partial charge is 0.302 e. The minimum Gasteiger partial charge on any atom is -0.466 e. The van der Waals surface area contributed by atoms with Gasteiger partial charge in [0, 0.05) is 12.8 Å². The number of carbonyl (C=O) groups is 1. The molecule has 2 aromatic carbocycles. The van der Waals surface area contributed by atoms with E-state index in [1.54, 1.807) is 0 Å². The van der Waals surface area contributed by atoms with Gasteiger partial charge in [0.25, 0.3) is 0 Å². The van der Waals surface area contributed by atoms with Crippen LogP contribution in [0.3, 0.4) is 0 Å². The number of esters is 1. The van der Waals surface area contributed by atoms with Gasteiger partial charge in [-0.1, -0.05) is 72.8 Å². The van der Waals surface area contributed by atoms with Crippen LogP contribution in [0.1, 0.15) is 30.4 Å². The van der Waals surface area contributed by atoms with Gasteiger partial charge < -0.3 is 4.74 Å². The normalized spacial score (nSPS) is 12.2. The van der Waals surface area contributed by atoms with Gasteiger partial charge in [-0.3, -0.25) is 4.79 Å². The predicted octanol–water partition coefficient (Wildman–Crippen LogP) is 4.44. The molecule has 1 unspecified atom stereocenters. The molecule has 2 heteroatoms. The van der Waals surface area contributed by atoms with Crippen molar-refractivity contribution in [1.29, 1.82) is 0 Å². The summed E-state index contributed by atoms with van der Waals surface area (Å²) >= 11 is 0. The molecule has 0 heterocycles. The Bertz CT molecular complexity index is 573. The van der Waals surface area contributed by atoms with Crippen molar-refractivity contribution in [1.82, 2.24) is 0 Å². The lowest BCUT2D eigenvalue weighted by atomic mass is 9.95. The fraction of sp³-hybridized carbons (Fsp3) is 0.211. The van der Waals surface area contributed by atoms with Crippen LogP contribution in [0.5, 0.6) is 0 Å². The van der Waals surface area contributed by atoms with E-state index in [1.807, 2.05) is 36.4 Å². The number of ether oxygens (including phenoxy) is 1. The molecule has 1 atom stereocenters. The number of benzene rings is 2. The highest BCUT2D eigenvalue weighted by atomic mass is 16.5. The van der Waals surface area contributed by atoms with Gasteiger partial charge in [0.15, 0.2) is 0 Å². The molecule has 0 saturated heterocycles. The van der Waals surface area contributed by atoms with E-state index in [2.05, 4.69) is 36.4 Å². The minimum atomic E-state index is -0.228. The van der Waals surface area contributed by atoms with E-state index in [0.29, 0.717) is 6.61 Å². The standard InChI is InChI=1S/C19H20O2/c1-16(20)21-15-14-19(18-10-6-3-7-11-18)13-12-17-8-4-2-5-9-17/h2-13,19H,14-15H2,1H3/b13-12+. The van der Waals surface area contributed by atoms with E-state index in [1.165, 1.54) is 18.1 Å². The lowest BCUT2D eigenvalue weighted by Gasteiger charge is -2.13. The second-order valence-electron chi connectivity index (χ2n) is 4.92. The third-order valence-electron chi connectivity index (χ3n) is 3.28. The lowest BCUT2D eigenvalue weighted by Crippen LogP contribution is -2.05. The summed E-state index contributed by atoms with van der Waals surface area (Å²) in [5.74, 6) is 0.0135. The summed E-state index contributed by atoms with van der Waals surface area (Å²) < 4.78 is 5.07. The van der Waals surface area contributed by atoms with Crippen molar-refractivity contribution >= 4 is 12.0 Å². The molecule has 108 valence electrons. The number of hydrogen-bond donors (Lipinski definition) is 0. The highest BCUT2D eigenvalue weighted by Gasteiger charge is 2.08. The first-order valence-corrected chi connectivity index (χ1v) is 7.17. The van der Waals surface area contributed by atoms with E-state index in [0.717, 1.165) is 6.42 Å². The Balaban J connectivity index is 2.08. The second-order valence-corrected chi connectivity index (χ2v) is 4.92. The highest BCUT2D eigenvalue weighted by Crippen LogP contribution is 2.22. The molecule has 0 aromatic heterocycles. The van der Waals surface area contributed by atoms with Crippen molar-refractivity contribution in [2.45, 2.75) is 19.3 Å². The first-order chi connectivity index (χ1) is 10.3. The summed E-state index contributed by atoms with van der Waals surface area (Å²) in [6.07, 6.45) is 5.08. The number of allylic oxidation sites excluding steroid dienone is 1. The Kier molecular flexibility index (Phi) is 5.77. The van der Waals surface area contributed by atoms with Crippen molar-refractivity contribution in [2.24, 2.45) is 0 Å². The zero-order valence-electron chi connectivity index (χ0n) is 12.2. The molecule has 21 heavy (non-hydrogen) atoms. The number of rotatable bonds is 6. The molecule has 0 aliphatic carbocycles. The fourth-order valence-corrected chi connectivity index (χ4v) is 2.20. The zero-order valence-corrected chi connectivity index (χ0v) is 12.2. The number of hydrogen-bond acceptors (Lipinski definition) is 2. The van der Waals surface area contributed by atoms with Gasteiger partial charge in [-0.2, -0.15) is 0 Å². The third kappa shape index (κ3) is 5.27. The van der Waals surface area contributed by atoms with Crippen LogP contribution >= 0.6 is 0 Å². The topological polar surface area (TPSA) is 26.3 Å². The van der Waals surface area contributed by atoms with Crippen LogP contribution in [0.4, 0.5) is 0 Å². The molecule has 2 rings (SSSR count). The molecule has 0 bridgehead atoms. The van der Waals surface area contributed by atoms with Crippen molar-refractivity contribution in [3.63, 3.8) is 0 Å².